The number of nitrogens with one attached hydrogen (secondary N) is 1. The van der Waals surface area contributed by atoms with Gasteiger partial charge < -0.3 is 14.8 Å². The second kappa shape index (κ2) is 4.99. The van der Waals surface area contributed by atoms with Crippen molar-refractivity contribution >= 4 is 5.69 Å². The van der Waals surface area contributed by atoms with Crippen molar-refractivity contribution in [2.45, 2.75) is 51.4 Å². The standard InChI is InChI=1S/C16H22N2O2/c1-15(2)9-13(16(3,4)20-15)18-14-11(10-17)7-6-8-12(14)19-5/h6-8,13,18H,9H2,1-5H3. The van der Waals surface area contributed by atoms with Crippen LogP contribution in [0.1, 0.15) is 39.7 Å². The monoisotopic (exact) mass is 274 g/mol. The van der Waals surface area contributed by atoms with Crippen molar-refractivity contribution in [3.05, 3.63) is 23.8 Å². The van der Waals surface area contributed by atoms with Crippen LogP contribution in [0.5, 0.6) is 5.75 Å². The predicted molar refractivity (Wildman–Crippen MR) is 79.0 cm³/mol. The lowest BCUT2D eigenvalue weighted by atomic mass is 9.94. The Kier molecular flexibility index (Phi) is 3.66. The summed E-state index contributed by atoms with van der Waals surface area (Å²) in [5, 5.41) is 12.7. The summed E-state index contributed by atoms with van der Waals surface area (Å²) in [6, 6.07) is 7.81. The van der Waals surface area contributed by atoms with Crippen LogP contribution in [0, 0.1) is 11.3 Å². The minimum Gasteiger partial charge on any atom is -0.495 e. The number of hydrogen-bond donors (Lipinski definition) is 1. The predicted octanol–water partition coefficient (Wildman–Crippen LogP) is 3.32. The number of benzene rings is 1. The van der Waals surface area contributed by atoms with Crippen LogP contribution in [0.25, 0.3) is 0 Å². The van der Waals surface area contributed by atoms with E-state index >= 15 is 0 Å². The molecule has 1 unspecified atom stereocenters. The van der Waals surface area contributed by atoms with Crippen molar-refractivity contribution in [2.24, 2.45) is 0 Å². The molecule has 2 rings (SSSR count). The zero-order valence-corrected chi connectivity index (χ0v) is 12.8. The third-order valence-electron chi connectivity index (χ3n) is 3.76. The van der Waals surface area contributed by atoms with E-state index in [9.17, 15) is 5.26 Å². The highest BCUT2D eigenvalue weighted by Gasteiger charge is 2.46. The third-order valence-corrected chi connectivity index (χ3v) is 3.76. The highest BCUT2D eigenvalue weighted by Crippen LogP contribution is 2.40. The number of anilines is 1. The molecule has 1 heterocycles. The van der Waals surface area contributed by atoms with Crippen LogP contribution in [0.3, 0.4) is 0 Å². The van der Waals surface area contributed by atoms with Crippen LogP contribution in [0.2, 0.25) is 0 Å². The van der Waals surface area contributed by atoms with E-state index in [4.69, 9.17) is 9.47 Å². The lowest BCUT2D eigenvalue weighted by Crippen LogP contribution is -2.38. The van der Waals surface area contributed by atoms with Gasteiger partial charge in [-0.25, -0.2) is 0 Å². The molecule has 0 saturated carbocycles. The number of nitrogens with zero attached hydrogens (tertiary/aromatic N) is 1. The Morgan fingerprint density at radius 1 is 1.35 bits per heavy atom. The third kappa shape index (κ3) is 2.73. The quantitative estimate of drug-likeness (QED) is 0.918. The van der Waals surface area contributed by atoms with E-state index < -0.39 is 0 Å². The number of methoxy groups -OCH3 is 1. The Balaban J connectivity index is 2.33. The smallest absolute Gasteiger partial charge is 0.143 e. The van der Waals surface area contributed by atoms with Gasteiger partial charge in [0.25, 0.3) is 0 Å². The molecule has 1 saturated heterocycles. The van der Waals surface area contributed by atoms with Crippen LogP contribution in [-0.4, -0.2) is 24.4 Å². The lowest BCUT2D eigenvalue weighted by molar-refractivity contribution is -0.0662. The first-order valence-electron chi connectivity index (χ1n) is 6.83. The normalized spacial score (nSPS) is 23.1. The van der Waals surface area contributed by atoms with E-state index in [1.54, 1.807) is 13.2 Å². The van der Waals surface area contributed by atoms with Crippen molar-refractivity contribution in [3.8, 4) is 11.8 Å². The molecule has 108 valence electrons. The molecule has 0 spiro atoms. The van der Waals surface area contributed by atoms with E-state index in [0.717, 1.165) is 12.1 Å². The summed E-state index contributed by atoms with van der Waals surface area (Å²) in [6.45, 7) is 8.31. The van der Waals surface area contributed by atoms with Gasteiger partial charge in [0.2, 0.25) is 0 Å². The molecule has 1 N–H and O–H groups in total. The Morgan fingerprint density at radius 2 is 2.05 bits per heavy atom. The van der Waals surface area contributed by atoms with Crippen LogP contribution in [-0.2, 0) is 4.74 Å². The first-order chi connectivity index (χ1) is 9.29. The number of nitriles is 1. The number of hydrogen-bond acceptors (Lipinski definition) is 4. The maximum absolute atomic E-state index is 9.27. The van der Waals surface area contributed by atoms with Crippen LogP contribution < -0.4 is 10.1 Å². The molecule has 0 aromatic heterocycles. The SMILES string of the molecule is COc1cccc(C#N)c1NC1CC(C)(C)OC1(C)C. The summed E-state index contributed by atoms with van der Waals surface area (Å²) >= 11 is 0. The summed E-state index contributed by atoms with van der Waals surface area (Å²) < 4.78 is 11.4. The van der Waals surface area contributed by atoms with Gasteiger partial charge >= 0.3 is 0 Å². The first kappa shape index (κ1) is 14.7. The molecular weight excluding hydrogens is 252 g/mol. The van der Waals surface area contributed by atoms with Gasteiger partial charge in [0.05, 0.1) is 35.6 Å². The zero-order chi connectivity index (χ0) is 15.0. The summed E-state index contributed by atoms with van der Waals surface area (Å²) in [7, 11) is 1.61. The van der Waals surface area contributed by atoms with Gasteiger partial charge in [-0.15, -0.1) is 0 Å². The van der Waals surface area contributed by atoms with E-state index in [1.165, 1.54) is 0 Å². The average Bonchev–Trinajstić information content (AvgIpc) is 2.57. The summed E-state index contributed by atoms with van der Waals surface area (Å²) in [5.74, 6) is 0.685. The molecule has 4 heteroatoms. The van der Waals surface area contributed by atoms with Crippen LogP contribution >= 0.6 is 0 Å². The van der Waals surface area contributed by atoms with Crippen molar-refractivity contribution < 1.29 is 9.47 Å². The second-order valence-corrected chi connectivity index (χ2v) is 6.36. The number of para-hydroxylation sites is 1. The molecule has 20 heavy (non-hydrogen) atoms. The minimum absolute atomic E-state index is 0.126. The van der Waals surface area contributed by atoms with Crippen molar-refractivity contribution in [3.63, 3.8) is 0 Å². The minimum atomic E-state index is -0.295. The maximum Gasteiger partial charge on any atom is 0.143 e. The van der Waals surface area contributed by atoms with Crippen LogP contribution in [0.4, 0.5) is 5.69 Å². The Labute approximate surface area is 120 Å². The molecule has 0 amide bonds. The fourth-order valence-electron chi connectivity index (χ4n) is 2.90. The highest BCUT2D eigenvalue weighted by atomic mass is 16.5. The maximum atomic E-state index is 9.27. The van der Waals surface area contributed by atoms with Gasteiger partial charge in [-0.1, -0.05) is 6.07 Å². The molecule has 1 aliphatic rings. The fourth-order valence-corrected chi connectivity index (χ4v) is 2.90. The van der Waals surface area contributed by atoms with Gasteiger partial charge in [-0.05, 0) is 46.2 Å². The average molecular weight is 274 g/mol. The highest BCUT2D eigenvalue weighted by molar-refractivity contribution is 5.67. The van der Waals surface area contributed by atoms with Crippen LogP contribution in [0.15, 0.2) is 18.2 Å². The Hall–Kier alpha value is -1.73. The molecule has 4 nitrogen and oxygen atoms in total. The number of rotatable bonds is 3. The lowest BCUT2D eigenvalue weighted by Gasteiger charge is -2.29. The topological polar surface area (TPSA) is 54.3 Å². The Morgan fingerprint density at radius 3 is 2.55 bits per heavy atom. The van der Waals surface area contributed by atoms with Crippen molar-refractivity contribution in [1.29, 1.82) is 5.26 Å². The number of ether oxygens (including phenoxy) is 2. The summed E-state index contributed by atoms with van der Waals surface area (Å²) in [6.07, 6.45) is 0.878. The first-order valence-corrected chi connectivity index (χ1v) is 6.83. The molecule has 1 atom stereocenters. The van der Waals surface area contributed by atoms with Gasteiger partial charge in [0.15, 0.2) is 0 Å². The molecule has 0 aliphatic carbocycles. The van der Waals surface area contributed by atoms with Crippen molar-refractivity contribution in [2.75, 3.05) is 12.4 Å². The van der Waals surface area contributed by atoms with Gasteiger partial charge in [-0.2, -0.15) is 5.26 Å². The van der Waals surface area contributed by atoms with E-state index in [-0.39, 0.29) is 17.2 Å². The van der Waals surface area contributed by atoms with E-state index in [1.807, 2.05) is 12.1 Å². The Bertz CT molecular complexity index is 544. The molecule has 1 aromatic carbocycles. The summed E-state index contributed by atoms with van der Waals surface area (Å²) in [4.78, 5) is 0. The molecule has 1 aliphatic heterocycles. The largest absolute Gasteiger partial charge is 0.495 e. The van der Waals surface area contributed by atoms with Gasteiger partial charge in [0.1, 0.15) is 11.8 Å². The molecule has 0 radical (unpaired) electrons. The fraction of sp³-hybridized carbons (Fsp3) is 0.562. The summed E-state index contributed by atoms with van der Waals surface area (Å²) in [5.41, 5.74) is 0.870. The van der Waals surface area contributed by atoms with E-state index in [2.05, 4.69) is 39.1 Å². The second-order valence-electron chi connectivity index (χ2n) is 6.36. The zero-order valence-electron chi connectivity index (χ0n) is 12.8. The van der Waals surface area contributed by atoms with Crippen molar-refractivity contribution in [1.82, 2.24) is 0 Å². The van der Waals surface area contributed by atoms with Gasteiger partial charge in [0, 0.05) is 0 Å². The molecular formula is C16H22N2O2. The molecule has 1 fully saturated rings. The van der Waals surface area contributed by atoms with E-state index in [0.29, 0.717) is 11.3 Å². The molecule has 0 bridgehead atoms. The molecule has 1 aromatic rings. The van der Waals surface area contributed by atoms with Gasteiger partial charge in [-0.3, -0.25) is 0 Å².